The Kier molecular flexibility index (Phi) is 3.79. The molecular formula is C11H14N6O2S. The van der Waals surface area contributed by atoms with Crippen molar-refractivity contribution in [3.63, 3.8) is 0 Å². The van der Waals surface area contributed by atoms with Gasteiger partial charge in [-0.25, -0.2) is 15.0 Å². The summed E-state index contributed by atoms with van der Waals surface area (Å²) in [5.41, 5.74) is 6.12. The summed E-state index contributed by atoms with van der Waals surface area (Å²) in [6, 6.07) is -0.158. The number of rotatable bonds is 4. The van der Waals surface area contributed by atoms with Crippen molar-refractivity contribution in [2.75, 3.05) is 11.1 Å². The highest BCUT2D eigenvalue weighted by atomic mass is 32.1. The van der Waals surface area contributed by atoms with Crippen molar-refractivity contribution in [1.29, 1.82) is 0 Å². The van der Waals surface area contributed by atoms with E-state index in [0.717, 1.165) is 15.6 Å². The topological polar surface area (TPSA) is 120 Å². The molecule has 0 aliphatic carbocycles. The summed E-state index contributed by atoms with van der Waals surface area (Å²) in [4.78, 5) is 23.3. The maximum atomic E-state index is 11.0. The zero-order valence-corrected chi connectivity index (χ0v) is 12.1. The summed E-state index contributed by atoms with van der Waals surface area (Å²) in [5.74, 6) is -0.0441. The van der Waals surface area contributed by atoms with Gasteiger partial charge in [0.2, 0.25) is 11.6 Å². The minimum atomic E-state index is -0.588. The summed E-state index contributed by atoms with van der Waals surface area (Å²) in [6.07, 6.45) is 1.20. The van der Waals surface area contributed by atoms with Crippen LogP contribution in [0.15, 0.2) is 6.33 Å². The van der Waals surface area contributed by atoms with Crippen LogP contribution in [0.5, 0.6) is 0 Å². The lowest BCUT2D eigenvalue weighted by Gasteiger charge is -2.13. The monoisotopic (exact) mass is 294 g/mol. The predicted molar refractivity (Wildman–Crippen MR) is 76.7 cm³/mol. The molecule has 1 unspecified atom stereocenters. The fraction of sp³-hybridized carbons (Fsp3) is 0.364. The number of hydrogen-bond acceptors (Lipinski definition) is 8. The Bertz CT molecular complexity index is 656. The Labute approximate surface area is 119 Å². The lowest BCUT2D eigenvalue weighted by Crippen LogP contribution is -2.11. The molecule has 2 heterocycles. The quantitative estimate of drug-likeness (QED) is 0.655. The van der Waals surface area contributed by atoms with E-state index in [2.05, 4.69) is 20.3 Å². The number of nitro groups is 1. The van der Waals surface area contributed by atoms with Crippen LogP contribution in [0.25, 0.3) is 0 Å². The molecule has 0 bridgehead atoms. The zero-order chi connectivity index (χ0) is 14.9. The normalized spacial score (nSPS) is 12.2. The number of anilines is 2. The molecule has 0 saturated heterocycles. The first-order chi connectivity index (χ1) is 9.40. The molecule has 0 radical (unpaired) electrons. The number of thiazole rings is 1. The number of aromatic nitrogens is 3. The van der Waals surface area contributed by atoms with Gasteiger partial charge in [-0.05, 0) is 20.8 Å². The number of hydrogen-bond donors (Lipinski definition) is 2. The van der Waals surface area contributed by atoms with Crippen LogP contribution in [0, 0.1) is 24.0 Å². The molecule has 8 nitrogen and oxygen atoms in total. The summed E-state index contributed by atoms with van der Waals surface area (Å²) in [6.45, 7) is 5.71. The molecule has 106 valence electrons. The second-order valence-electron chi connectivity index (χ2n) is 4.26. The van der Waals surface area contributed by atoms with E-state index in [9.17, 15) is 10.1 Å². The fourth-order valence-corrected chi connectivity index (χ4v) is 2.83. The molecule has 0 aromatic carbocycles. The van der Waals surface area contributed by atoms with Crippen molar-refractivity contribution in [3.05, 3.63) is 32.0 Å². The van der Waals surface area contributed by atoms with Crippen LogP contribution >= 0.6 is 11.3 Å². The number of nitrogens with zero attached hydrogens (tertiary/aromatic N) is 4. The van der Waals surface area contributed by atoms with E-state index in [-0.39, 0.29) is 23.4 Å². The molecular weight excluding hydrogens is 280 g/mol. The van der Waals surface area contributed by atoms with Gasteiger partial charge in [0.1, 0.15) is 6.33 Å². The Hall–Kier alpha value is -2.29. The summed E-state index contributed by atoms with van der Waals surface area (Å²) < 4.78 is 0. The lowest BCUT2D eigenvalue weighted by atomic mass is 10.2. The van der Waals surface area contributed by atoms with Crippen molar-refractivity contribution >= 4 is 28.7 Å². The fourth-order valence-electron chi connectivity index (χ4n) is 1.90. The van der Waals surface area contributed by atoms with Gasteiger partial charge in [0.25, 0.3) is 0 Å². The minimum Gasteiger partial charge on any atom is -0.378 e. The molecule has 20 heavy (non-hydrogen) atoms. The lowest BCUT2D eigenvalue weighted by molar-refractivity contribution is -0.383. The van der Waals surface area contributed by atoms with Crippen LogP contribution in [-0.2, 0) is 0 Å². The van der Waals surface area contributed by atoms with Gasteiger partial charge in [-0.15, -0.1) is 11.3 Å². The average Bonchev–Trinajstić information content (AvgIpc) is 2.68. The Morgan fingerprint density at radius 2 is 2.15 bits per heavy atom. The van der Waals surface area contributed by atoms with Crippen LogP contribution < -0.4 is 11.1 Å². The van der Waals surface area contributed by atoms with Crippen molar-refractivity contribution < 1.29 is 4.92 Å². The average molecular weight is 294 g/mol. The Morgan fingerprint density at radius 3 is 2.70 bits per heavy atom. The van der Waals surface area contributed by atoms with Gasteiger partial charge in [0.15, 0.2) is 0 Å². The molecule has 0 spiro atoms. The van der Waals surface area contributed by atoms with Crippen molar-refractivity contribution in [2.24, 2.45) is 0 Å². The van der Waals surface area contributed by atoms with E-state index in [1.54, 1.807) is 11.3 Å². The number of aryl methyl sites for hydroxylation is 2. The van der Waals surface area contributed by atoms with Gasteiger partial charge >= 0.3 is 5.69 Å². The van der Waals surface area contributed by atoms with Gasteiger partial charge < -0.3 is 11.1 Å². The third kappa shape index (κ3) is 2.67. The first-order valence-corrected chi connectivity index (χ1v) is 6.67. The molecule has 2 aromatic heterocycles. The van der Waals surface area contributed by atoms with E-state index in [1.807, 2.05) is 20.8 Å². The highest BCUT2D eigenvalue weighted by Gasteiger charge is 2.23. The summed E-state index contributed by atoms with van der Waals surface area (Å²) in [7, 11) is 0. The van der Waals surface area contributed by atoms with E-state index in [4.69, 9.17) is 5.73 Å². The van der Waals surface area contributed by atoms with Crippen LogP contribution in [0.3, 0.4) is 0 Å². The van der Waals surface area contributed by atoms with E-state index >= 15 is 0 Å². The maximum Gasteiger partial charge on any atom is 0.353 e. The highest BCUT2D eigenvalue weighted by Crippen LogP contribution is 2.32. The standard InChI is InChI=1S/C11H14N6O2S/c1-5-9(20-7(3)15-5)6(2)16-11-8(17(18)19)10(12)13-4-14-11/h4,6H,1-3H3,(H3,12,13,14,16). The van der Waals surface area contributed by atoms with E-state index < -0.39 is 4.92 Å². The minimum absolute atomic E-state index is 0.112. The summed E-state index contributed by atoms with van der Waals surface area (Å²) >= 11 is 1.54. The third-order valence-electron chi connectivity index (χ3n) is 2.72. The van der Waals surface area contributed by atoms with Gasteiger partial charge in [-0.1, -0.05) is 0 Å². The largest absolute Gasteiger partial charge is 0.378 e. The first-order valence-electron chi connectivity index (χ1n) is 5.85. The van der Waals surface area contributed by atoms with Crippen molar-refractivity contribution in [3.8, 4) is 0 Å². The third-order valence-corrected chi connectivity index (χ3v) is 3.97. The highest BCUT2D eigenvalue weighted by molar-refractivity contribution is 7.11. The predicted octanol–water partition coefficient (Wildman–Crippen LogP) is 2.21. The van der Waals surface area contributed by atoms with Gasteiger partial charge in [0.05, 0.1) is 21.7 Å². The molecule has 0 aliphatic heterocycles. The molecule has 0 saturated carbocycles. The molecule has 2 aromatic rings. The van der Waals surface area contributed by atoms with Gasteiger partial charge in [-0.2, -0.15) is 0 Å². The SMILES string of the molecule is Cc1nc(C)c(C(C)Nc2ncnc(N)c2[N+](=O)[O-])s1. The molecule has 2 rings (SSSR count). The molecule has 0 fully saturated rings. The molecule has 0 amide bonds. The Morgan fingerprint density at radius 1 is 1.45 bits per heavy atom. The summed E-state index contributed by atoms with van der Waals surface area (Å²) in [5, 5.41) is 15.0. The van der Waals surface area contributed by atoms with Gasteiger partial charge in [-0.3, -0.25) is 10.1 Å². The maximum absolute atomic E-state index is 11.0. The molecule has 9 heteroatoms. The van der Waals surface area contributed by atoms with Crippen LogP contribution in [-0.4, -0.2) is 19.9 Å². The zero-order valence-electron chi connectivity index (χ0n) is 11.2. The first kappa shape index (κ1) is 14.1. The molecule has 3 N–H and O–H groups in total. The number of nitrogen functional groups attached to an aromatic ring is 1. The van der Waals surface area contributed by atoms with Crippen LogP contribution in [0.4, 0.5) is 17.3 Å². The van der Waals surface area contributed by atoms with Crippen molar-refractivity contribution in [2.45, 2.75) is 26.8 Å². The van der Waals surface area contributed by atoms with E-state index in [0.29, 0.717) is 0 Å². The molecule has 1 atom stereocenters. The van der Waals surface area contributed by atoms with Crippen molar-refractivity contribution in [1.82, 2.24) is 15.0 Å². The smallest absolute Gasteiger partial charge is 0.353 e. The number of nitrogens with two attached hydrogens (primary N) is 1. The molecule has 0 aliphatic rings. The second kappa shape index (κ2) is 5.37. The van der Waals surface area contributed by atoms with Gasteiger partial charge in [0, 0.05) is 4.88 Å². The van der Waals surface area contributed by atoms with E-state index in [1.165, 1.54) is 6.33 Å². The number of nitrogens with one attached hydrogen (secondary N) is 1. The second-order valence-corrected chi connectivity index (χ2v) is 5.50. The Balaban J connectivity index is 2.33. The van der Waals surface area contributed by atoms with Crippen LogP contribution in [0.1, 0.15) is 28.5 Å². The van der Waals surface area contributed by atoms with Crippen LogP contribution in [0.2, 0.25) is 0 Å².